The van der Waals surface area contributed by atoms with Crippen LogP contribution >= 0.6 is 0 Å². The molecule has 116 valence electrons. The number of hydrogen-bond donors (Lipinski definition) is 1. The zero-order valence-electron chi connectivity index (χ0n) is 13.3. The Morgan fingerprint density at radius 1 is 1.14 bits per heavy atom. The van der Waals surface area contributed by atoms with Gasteiger partial charge in [-0.05, 0) is 62.9 Å². The highest BCUT2D eigenvalue weighted by molar-refractivity contribution is 5.49. The average molecular weight is 287 g/mol. The van der Waals surface area contributed by atoms with E-state index in [2.05, 4.69) is 41.0 Å². The molecule has 2 atom stereocenters. The third-order valence-corrected chi connectivity index (χ3v) is 5.14. The van der Waals surface area contributed by atoms with Crippen molar-refractivity contribution in [2.75, 3.05) is 31.1 Å². The molecular formula is C18H29N3. The van der Waals surface area contributed by atoms with Gasteiger partial charge in [-0.25, -0.2) is 0 Å². The van der Waals surface area contributed by atoms with E-state index in [1.165, 1.54) is 56.7 Å². The number of nitrogens with zero attached hydrogens (tertiary/aromatic N) is 2. The molecule has 2 unspecified atom stereocenters. The van der Waals surface area contributed by atoms with Crippen molar-refractivity contribution < 1.29 is 0 Å². The first-order chi connectivity index (χ1) is 10.3. The van der Waals surface area contributed by atoms with Crippen molar-refractivity contribution in [1.29, 1.82) is 0 Å². The van der Waals surface area contributed by atoms with E-state index in [4.69, 9.17) is 5.73 Å². The lowest BCUT2D eigenvalue weighted by Gasteiger charge is -2.24. The third kappa shape index (κ3) is 3.58. The number of likely N-dealkylation sites (tertiary alicyclic amines) is 1. The molecule has 0 bridgehead atoms. The second kappa shape index (κ2) is 6.80. The molecule has 2 heterocycles. The summed E-state index contributed by atoms with van der Waals surface area (Å²) in [5.41, 5.74) is 8.78. The summed E-state index contributed by atoms with van der Waals surface area (Å²) in [6, 6.07) is 10.2. The molecule has 0 aliphatic carbocycles. The van der Waals surface area contributed by atoms with E-state index in [0.29, 0.717) is 6.04 Å². The van der Waals surface area contributed by atoms with Crippen LogP contribution in [-0.2, 0) is 6.42 Å². The van der Waals surface area contributed by atoms with Crippen LogP contribution in [0.1, 0.15) is 38.2 Å². The molecule has 2 aliphatic rings. The van der Waals surface area contributed by atoms with E-state index in [1.807, 2.05) is 0 Å². The lowest BCUT2D eigenvalue weighted by Crippen LogP contribution is -2.35. The minimum Gasteiger partial charge on any atom is -0.370 e. The third-order valence-electron chi connectivity index (χ3n) is 5.14. The summed E-state index contributed by atoms with van der Waals surface area (Å²) in [6.07, 6.45) is 6.15. The number of anilines is 1. The second-order valence-electron chi connectivity index (χ2n) is 6.67. The van der Waals surface area contributed by atoms with Gasteiger partial charge in [-0.15, -0.1) is 0 Å². The van der Waals surface area contributed by atoms with E-state index >= 15 is 0 Å². The Bertz CT molecular complexity index is 436. The molecule has 2 fully saturated rings. The van der Waals surface area contributed by atoms with Gasteiger partial charge in [0.1, 0.15) is 0 Å². The van der Waals surface area contributed by atoms with Gasteiger partial charge < -0.3 is 10.6 Å². The molecule has 0 spiro atoms. The van der Waals surface area contributed by atoms with Crippen LogP contribution in [0.5, 0.6) is 0 Å². The molecule has 0 amide bonds. The highest BCUT2D eigenvalue weighted by Gasteiger charge is 2.29. The number of nitrogens with two attached hydrogens (primary N) is 1. The first-order valence-electron chi connectivity index (χ1n) is 8.60. The van der Waals surface area contributed by atoms with Crippen molar-refractivity contribution >= 4 is 5.69 Å². The van der Waals surface area contributed by atoms with Gasteiger partial charge in [0, 0.05) is 30.9 Å². The van der Waals surface area contributed by atoms with Gasteiger partial charge in [0.25, 0.3) is 0 Å². The fraction of sp³-hybridized carbons (Fsp3) is 0.667. The Labute approximate surface area is 129 Å². The summed E-state index contributed by atoms with van der Waals surface area (Å²) in [7, 11) is 0. The van der Waals surface area contributed by atoms with Crippen molar-refractivity contribution in [3.63, 3.8) is 0 Å². The predicted octanol–water partition coefficient (Wildman–Crippen LogP) is 2.64. The van der Waals surface area contributed by atoms with Crippen molar-refractivity contribution in [2.45, 2.75) is 51.1 Å². The zero-order chi connectivity index (χ0) is 14.7. The van der Waals surface area contributed by atoms with Crippen LogP contribution in [0.2, 0.25) is 0 Å². The van der Waals surface area contributed by atoms with Crippen molar-refractivity contribution in [2.24, 2.45) is 5.73 Å². The highest BCUT2D eigenvalue weighted by Crippen LogP contribution is 2.25. The summed E-state index contributed by atoms with van der Waals surface area (Å²) in [4.78, 5) is 5.24. The minimum atomic E-state index is 0.294. The van der Waals surface area contributed by atoms with Gasteiger partial charge in [0.05, 0.1) is 0 Å². The van der Waals surface area contributed by atoms with Gasteiger partial charge in [0.2, 0.25) is 0 Å². The molecule has 0 aromatic heterocycles. The molecule has 1 aromatic rings. The molecule has 2 aliphatic heterocycles. The summed E-state index contributed by atoms with van der Waals surface area (Å²) >= 11 is 0. The van der Waals surface area contributed by atoms with Gasteiger partial charge in [0.15, 0.2) is 0 Å². The number of benzene rings is 1. The highest BCUT2D eigenvalue weighted by atomic mass is 15.3. The van der Waals surface area contributed by atoms with Crippen molar-refractivity contribution in [3.8, 4) is 0 Å². The average Bonchev–Trinajstić information content (AvgIpc) is 3.19. The van der Waals surface area contributed by atoms with Crippen LogP contribution in [0.3, 0.4) is 0 Å². The summed E-state index contributed by atoms with van der Waals surface area (Å²) in [5, 5.41) is 0. The Hall–Kier alpha value is -1.06. The van der Waals surface area contributed by atoms with Gasteiger partial charge >= 0.3 is 0 Å². The molecule has 1 aromatic carbocycles. The Kier molecular flexibility index (Phi) is 4.81. The van der Waals surface area contributed by atoms with E-state index < -0.39 is 0 Å². The van der Waals surface area contributed by atoms with E-state index in [9.17, 15) is 0 Å². The first-order valence-corrected chi connectivity index (χ1v) is 8.60. The first kappa shape index (κ1) is 14.9. The van der Waals surface area contributed by atoms with E-state index in [1.54, 1.807) is 0 Å². The standard InChI is InChI=1S/C18H29N3/c1-2-16(19)13-15-5-7-17(8-6-15)21-12-9-18(14-21)20-10-3-4-11-20/h5-8,16,18H,2-4,9-14,19H2,1H3. The molecule has 2 saturated heterocycles. The lowest BCUT2D eigenvalue weighted by molar-refractivity contribution is 0.260. The molecular weight excluding hydrogens is 258 g/mol. The molecule has 3 nitrogen and oxygen atoms in total. The number of rotatable bonds is 5. The Balaban J connectivity index is 1.57. The maximum absolute atomic E-state index is 6.04. The summed E-state index contributed by atoms with van der Waals surface area (Å²) < 4.78 is 0. The van der Waals surface area contributed by atoms with E-state index in [-0.39, 0.29) is 0 Å². The molecule has 3 heteroatoms. The van der Waals surface area contributed by atoms with Gasteiger partial charge in [-0.2, -0.15) is 0 Å². The summed E-state index contributed by atoms with van der Waals surface area (Å²) in [5.74, 6) is 0. The van der Waals surface area contributed by atoms with E-state index in [0.717, 1.165) is 18.9 Å². The Morgan fingerprint density at radius 2 is 1.86 bits per heavy atom. The van der Waals surface area contributed by atoms with Crippen LogP contribution in [0.25, 0.3) is 0 Å². The lowest BCUT2D eigenvalue weighted by atomic mass is 10.0. The maximum atomic E-state index is 6.04. The molecule has 0 radical (unpaired) electrons. The predicted molar refractivity (Wildman–Crippen MR) is 89.8 cm³/mol. The topological polar surface area (TPSA) is 32.5 Å². The van der Waals surface area contributed by atoms with Crippen molar-refractivity contribution in [3.05, 3.63) is 29.8 Å². The maximum Gasteiger partial charge on any atom is 0.0366 e. The molecule has 0 saturated carbocycles. The molecule has 21 heavy (non-hydrogen) atoms. The normalized spacial score (nSPS) is 24.7. The summed E-state index contributed by atoms with van der Waals surface area (Å²) in [6.45, 7) is 7.18. The molecule has 3 rings (SSSR count). The van der Waals surface area contributed by atoms with Crippen LogP contribution in [0.4, 0.5) is 5.69 Å². The molecule has 2 N–H and O–H groups in total. The van der Waals surface area contributed by atoms with Gasteiger partial charge in [-0.1, -0.05) is 19.1 Å². The van der Waals surface area contributed by atoms with Crippen molar-refractivity contribution in [1.82, 2.24) is 4.90 Å². The van der Waals surface area contributed by atoms with Crippen LogP contribution in [0.15, 0.2) is 24.3 Å². The largest absolute Gasteiger partial charge is 0.370 e. The van der Waals surface area contributed by atoms with Crippen LogP contribution in [0, 0.1) is 0 Å². The smallest absolute Gasteiger partial charge is 0.0366 e. The van der Waals surface area contributed by atoms with Gasteiger partial charge in [-0.3, -0.25) is 4.90 Å². The van der Waals surface area contributed by atoms with Crippen LogP contribution < -0.4 is 10.6 Å². The fourth-order valence-electron chi connectivity index (χ4n) is 3.67. The quantitative estimate of drug-likeness (QED) is 0.903. The van der Waals surface area contributed by atoms with Crippen LogP contribution in [-0.4, -0.2) is 43.2 Å². The Morgan fingerprint density at radius 3 is 2.52 bits per heavy atom. The zero-order valence-corrected chi connectivity index (χ0v) is 13.3. The second-order valence-corrected chi connectivity index (χ2v) is 6.67. The number of hydrogen-bond acceptors (Lipinski definition) is 3. The fourth-order valence-corrected chi connectivity index (χ4v) is 3.67. The monoisotopic (exact) mass is 287 g/mol. The SMILES string of the molecule is CCC(N)Cc1ccc(N2CCC(N3CCCC3)C2)cc1. The minimum absolute atomic E-state index is 0.294.